The number of benzene rings is 4. The second-order valence-electron chi connectivity index (χ2n) is 11.7. The van der Waals surface area contributed by atoms with Crippen LogP contribution in [0.25, 0.3) is 55.4 Å². The largest absolute Gasteiger partial charge is 0.454 e. The van der Waals surface area contributed by atoms with Crippen molar-refractivity contribution in [1.29, 1.82) is 0 Å². The smallest absolute Gasteiger partial charge is 0.216 e. The summed E-state index contributed by atoms with van der Waals surface area (Å²) in [5.41, 5.74) is 11.0. The summed E-state index contributed by atoms with van der Waals surface area (Å²) in [6, 6.07) is 29.0. The number of nitrogens with zero attached hydrogens (tertiary/aromatic N) is 1. The van der Waals surface area contributed by atoms with E-state index in [1.54, 1.807) is 6.07 Å². The van der Waals surface area contributed by atoms with Crippen LogP contribution in [0.2, 0.25) is 0 Å². The van der Waals surface area contributed by atoms with Crippen LogP contribution in [0.3, 0.4) is 0 Å². The van der Waals surface area contributed by atoms with Gasteiger partial charge in [-0.05, 0) is 72.6 Å². The van der Waals surface area contributed by atoms with E-state index in [4.69, 9.17) is 4.42 Å². The summed E-state index contributed by atoms with van der Waals surface area (Å²) >= 11 is 0. The molecule has 1 saturated carbocycles. The molecule has 41 heavy (non-hydrogen) atoms. The van der Waals surface area contributed by atoms with Gasteiger partial charge in [-0.2, -0.15) is 0 Å². The number of aromatic nitrogens is 1. The first-order valence-corrected chi connectivity index (χ1v) is 14.8. The lowest BCUT2D eigenvalue weighted by Crippen LogP contribution is -2.31. The van der Waals surface area contributed by atoms with Gasteiger partial charge in [0.1, 0.15) is 24.0 Å². The van der Waals surface area contributed by atoms with E-state index in [-0.39, 0.29) is 5.82 Å². The van der Waals surface area contributed by atoms with Crippen molar-refractivity contribution >= 4 is 21.9 Å². The molecule has 4 aromatic carbocycles. The molecule has 3 heteroatoms. The van der Waals surface area contributed by atoms with Gasteiger partial charge in [-0.1, -0.05) is 86.0 Å². The predicted molar refractivity (Wildman–Crippen MR) is 166 cm³/mol. The summed E-state index contributed by atoms with van der Waals surface area (Å²) in [5, 5.41) is 1.94. The van der Waals surface area contributed by atoms with Gasteiger partial charge in [0.15, 0.2) is 6.20 Å². The molecule has 0 spiro atoms. The Hall–Kier alpha value is -4.24. The van der Waals surface area contributed by atoms with Gasteiger partial charge in [-0.15, -0.1) is 0 Å². The third-order valence-electron chi connectivity index (χ3n) is 9.06. The number of aryl methyl sites for hydroxylation is 3. The van der Waals surface area contributed by atoms with E-state index < -0.39 is 0 Å². The van der Waals surface area contributed by atoms with E-state index in [1.807, 2.05) is 12.1 Å². The first kappa shape index (κ1) is 25.7. The molecule has 2 nitrogen and oxygen atoms in total. The highest BCUT2D eigenvalue weighted by Crippen LogP contribution is 2.42. The Morgan fingerprint density at radius 1 is 0.707 bits per heavy atom. The van der Waals surface area contributed by atoms with Crippen LogP contribution >= 0.6 is 0 Å². The van der Waals surface area contributed by atoms with Crippen molar-refractivity contribution in [3.63, 3.8) is 0 Å². The van der Waals surface area contributed by atoms with Crippen molar-refractivity contribution in [3.05, 3.63) is 114 Å². The lowest BCUT2D eigenvalue weighted by molar-refractivity contribution is -0.660. The average Bonchev–Trinajstić information content (AvgIpc) is 3.37. The highest BCUT2D eigenvalue weighted by molar-refractivity contribution is 6.13. The second-order valence-corrected chi connectivity index (χ2v) is 11.7. The fraction of sp³-hybridized carbons (Fsp3) is 0.237. The molecule has 2 aromatic heterocycles. The molecule has 0 saturated heterocycles. The van der Waals surface area contributed by atoms with Crippen molar-refractivity contribution < 1.29 is 13.4 Å². The highest BCUT2D eigenvalue weighted by atomic mass is 19.1. The molecule has 0 N–H and O–H groups in total. The van der Waals surface area contributed by atoms with Gasteiger partial charge in [-0.25, -0.2) is 8.96 Å². The summed E-state index contributed by atoms with van der Waals surface area (Å²) in [7, 11) is 2.08. The van der Waals surface area contributed by atoms with Gasteiger partial charge in [-0.3, -0.25) is 0 Å². The minimum absolute atomic E-state index is 0.257. The third kappa shape index (κ3) is 4.44. The normalized spacial score (nSPS) is 14.2. The molecule has 0 bridgehead atoms. The standard InChI is InChI=1S/C38H35FNO/c1-24-14-19-30-31-20-21-33(39)36(29-17-15-27(16-18-29)26-10-6-4-7-11-26)38(31)41-37(30)35(24)34-22-32(25(2)23-40(34)3)28-12-8-5-9-13-28/h5,8-9,12-23,26H,4,6-7,10-11H2,1-3H3/q+1. The number of hydrogen-bond acceptors (Lipinski definition) is 1. The number of halogens is 1. The van der Waals surface area contributed by atoms with E-state index in [2.05, 4.69) is 98.4 Å². The van der Waals surface area contributed by atoms with Crippen LogP contribution < -0.4 is 4.57 Å². The summed E-state index contributed by atoms with van der Waals surface area (Å²) in [4.78, 5) is 0. The van der Waals surface area contributed by atoms with Gasteiger partial charge in [0.2, 0.25) is 5.69 Å². The Morgan fingerprint density at radius 3 is 2.12 bits per heavy atom. The zero-order chi connectivity index (χ0) is 28.1. The summed E-state index contributed by atoms with van der Waals surface area (Å²) < 4.78 is 24.5. The average molecular weight is 541 g/mol. The molecular formula is C38H35FNO+. The van der Waals surface area contributed by atoms with E-state index in [0.29, 0.717) is 17.1 Å². The Balaban J connectivity index is 1.41. The van der Waals surface area contributed by atoms with Gasteiger partial charge < -0.3 is 4.42 Å². The zero-order valence-electron chi connectivity index (χ0n) is 24.0. The second kappa shape index (κ2) is 10.3. The SMILES string of the molecule is Cc1c[n+](C)c(-c2c(C)ccc3c2oc2c(-c4ccc(C5CCCCC5)cc4)c(F)ccc23)cc1-c1ccccc1. The first-order valence-electron chi connectivity index (χ1n) is 14.8. The van der Waals surface area contributed by atoms with E-state index in [0.717, 1.165) is 38.7 Å². The van der Waals surface area contributed by atoms with Crippen LogP contribution in [0.5, 0.6) is 0 Å². The Kier molecular flexibility index (Phi) is 6.46. The minimum Gasteiger partial charge on any atom is -0.454 e. The molecule has 1 fully saturated rings. The lowest BCUT2D eigenvalue weighted by Gasteiger charge is -2.22. The van der Waals surface area contributed by atoms with Crippen molar-refractivity contribution in [2.24, 2.45) is 7.05 Å². The first-order chi connectivity index (χ1) is 20.0. The van der Waals surface area contributed by atoms with Crippen LogP contribution in [0.15, 0.2) is 95.5 Å². The number of pyridine rings is 1. The molecule has 204 valence electrons. The molecule has 7 rings (SSSR count). The number of rotatable bonds is 4. The molecule has 0 amide bonds. The molecule has 0 atom stereocenters. The number of furan rings is 1. The molecule has 1 aliphatic carbocycles. The summed E-state index contributed by atoms with van der Waals surface area (Å²) in [5.74, 6) is 0.360. The van der Waals surface area contributed by atoms with Crippen LogP contribution in [0.4, 0.5) is 4.39 Å². The van der Waals surface area contributed by atoms with Crippen molar-refractivity contribution in [2.75, 3.05) is 0 Å². The van der Waals surface area contributed by atoms with E-state index >= 15 is 4.39 Å². The minimum atomic E-state index is -0.257. The predicted octanol–water partition coefficient (Wildman–Crippen LogP) is 10.2. The maximum Gasteiger partial charge on any atom is 0.216 e. The molecule has 6 aromatic rings. The highest BCUT2D eigenvalue weighted by Gasteiger charge is 2.25. The van der Waals surface area contributed by atoms with Gasteiger partial charge in [0, 0.05) is 22.4 Å². The maximum atomic E-state index is 15.6. The lowest BCUT2D eigenvalue weighted by atomic mass is 9.83. The van der Waals surface area contributed by atoms with E-state index in [1.165, 1.54) is 54.4 Å². The Labute approximate surface area is 241 Å². The summed E-state index contributed by atoms with van der Waals surface area (Å²) in [6.45, 7) is 4.27. The monoisotopic (exact) mass is 540 g/mol. The number of hydrogen-bond donors (Lipinski definition) is 0. The van der Waals surface area contributed by atoms with Crippen LogP contribution in [0.1, 0.15) is 54.7 Å². The molecule has 0 aliphatic heterocycles. The topological polar surface area (TPSA) is 17.0 Å². The molecule has 0 radical (unpaired) electrons. The fourth-order valence-electron chi connectivity index (χ4n) is 6.88. The molecule has 0 unspecified atom stereocenters. The Bertz CT molecular complexity index is 1890. The van der Waals surface area contributed by atoms with Crippen LogP contribution in [-0.2, 0) is 7.05 Å². The maximum absolute atomic E-state index is 15.6. The van der Waals surface area contributed by atoms with Gasteiger partial charge >= 0.3 is 0 Å². The fourth-order valence-corrected chi connectivity index (χ4v) is 6.88. The zero-order valence-corrected chi connectivity index (χ0v) is 24.0. The van der Waals surface area contributed by atoms with Crippen LogP contribution in [0, 0.1) is 19.7 Å². The summed E-state index contributed by atoms with van der Waals surface area (Å²) in [6.07, 6.45) is 8.61. The van der Waals surface area contributed by atoms with Crippen molar-refractivity contribution in [2.45, 2.75) is 51.9 Å². The third-order valence-corrected chi connectivity index (χ3v) is 9.06. The Morgan fingerprint density at radius 2 is 1.39 bits per heavy atom. The molecule has 1 aliphatic rings. The van der Waals surface area contributed by atoms with Crippen LogP contribution in [-0.4, -0.2) is 0 Å². The van der Waals surface area contributed by atoms with E-state index in [9.17, 15) is 0 Å². The van der Waals surface area contributed by atoms with Crippen molar-refractivity contribution in [3.8, 4) is 33.5 Å². The number of fused-ring (bicyclic) bond motifs is 3. The van der Waals surface area contributed by atoms with Crippen molar-refractivity contribution in [1.82, 2.24) is 0 Å². The quantitative estimate of drug-likeness (QED) is 0.203. The molecular weight excluding hydrogens is 505 g/mol. The molecule has 2 heterocycles. The van der Waals surface area contributed by atoms with Gasteiger partial charge in [0.05, 0.1) is 11.1 Å². The van der Waals surface area contributed by atoms with Gasteiger partial charge in [0.25, 0.3) is 0 Å².